The van der Waals surface area contributed by atoms with Crippen molar-refractivity contribution in [3.8, 4) is 22.3 Å². The standard InChI is InChI=1S/C25H19I/c1-25(2)21-12-6-5-10-20(21)24-19(11-7-13-22(24)25)17-14-15-23(26)18-9-4-3-8-16(17)18/h3-15H,1-2H3. The summed E-state index contributed by atoms with van der Waals surface area (Å²) < 4.78 is 1.30. The number of benzene rings is 4. The van der Waals surface area contributed by atoms with Crippen LogP contribution in [0.1, 0.15) is 25.0 Å². The minimum Gasteiger partial charge on any atom is -0.0619 e. The molecule has 0 fully saturated rings. The summed E-state index contributed by atoms with van der Waals surface area (Å²) in [5.41, 5.74) is 8.35. The lowest BCUT2D eigenvalue weighted by Crippen LogP contribution is -2.14. The summed E-state index contributed by atoms with van der Waals surface area (Å²) in [4.78, 5) is 0. The van der Waals surface area contributed by atoms with E-state index >= 15 is 0 Å². The number of hydrogen-bond donors (Lipinski definition) is 0. The zero-order chi connectivity index (χ0) is 17.9. The molecule has 0 saturated carbocycles. The first-order valence-corrected chi connectivity index (χ1v) is 10.1. The van der Waals surface area contributed by atoms with Crippen LogP contribution in [-0.4, -0.2) is 0 Å². The molecule has 4 aromatic carbocycles. The van der Waals surface area contributed by atoms with Gasteiger partial charge in [-0.2, -0.15) is 0 Å². The van der Waals surface area contributed by atoms with Crippen molar-refractivity contribution < 1.29 is 0 Å². The zero-order valence-corrected chi connectivity index (χ0v) is 17.0. The van der Waals surface area contributed by atoms with Crippen LogP contribution in [0.5, 0.6) is 0 Å². The average Bonchev–Trinajstić information content (AvgIpc) is 2.91. The monoisotopic (exact) mass is 446 g/mol. The Labute approximate surface area is 168 Å². The van der Waals surface area contributed by atoms with Gasteiger partial charge in [0.25, 0.3) is 0 Å². The van der Waals surface area contributed by atoms with Gasteiger partial charge in [0.15, 0.2) is 0 Å². The molecule has 126 valence electrons. The van der Waals surface area contributed by atoms with E-state index in [-0.39, 0.29) is 5.41 Å². The molecule has 0 unspecified atom stereocenters. The largest absolute Gasteiger partial charge is 0.0619 e. The van der Waals surface area contributed by atoms with Gasteiger partial charge in [-0.25, -0.2) is 0 Å². The maximum absolute atomic E-state index is 2.44. The van der Waals surface area contributed by atoms with Gasteiger partial charge in [-0.3, -0.25) is 0 Å². The van der Waals surface area contributed by atoms with E-state index in [0.29, 0.717) is 0 Å². The zero-order valence-electron chi connectivity index (χ0n) is 14.9. The second kappa shape index (κ2) is 5.68. The van der Waals surface area contributed by atoms with Crippen LogP contribution < -0.4 is 0 Å². The molecule has 0 amide bonds. The fraction of sp³-hybridized carbons (Fsp3) is 0.120. The molecule has 1 aliphatic rings. The van der Waals surface area contributed by atoms with Gasteiger partial charge in [0, 0.05) is 8.99 Å². The maximum atomic E-state index is 2.44. The lowest BCUT2D eigenvalue weighted by molar-refractivity contribution is 0.660. The number of halogens is 1. The van der Waals surface area contributed by atoms with Crippen LogP contribution in [0.3, 0.4) is 0 Å². The number of fused-ring (bicyclic) bond motifs is 4. The molecule has 26 heavy (non-hydrogen) atoms. The fourth-order valence-electron chi connectivity index (χ4n) is 4.48. The molecule has 0 nitrogen and oxygen atoms in total. The fourth-order valence-corrected chi connectivity index (χ4v) is 5.13. The van der Waals surface area contributed by atoms with E-state index in [4.69, 9.17) is 0 Å². The van der Waals surface area contributed by atoms with Crippen molar-refractivity contribution in [3.05, 3.63) is 93.6 Å². The van der Waals surface area contributed by atoms with Crippen LogP contribution in [0.15, 0.2) is 78.9 Å². The van der Waals surface area contributed by atoms with Crippen molar-refractivity contribution in [2.75, 3.05) is 0 Å². The van der Waals surface area contributed by atoms with Gasteiger partial charge in [0.2, 0.25) is 0 Å². The molecule has 0 spiro atoms. The Hall–Kier alpha value is -2.13. The summed E-state index contributed by atoms with van der Waals surface area (Å²) in [5.74, 6) is 0. The third-order valence-corrected chi connectivity index (χ3v) is 6.71. The van der Waals surface area contributed by atoms with E-state index in [0.717, 1.165) is 0 Å². The van der Waals surface area contributed by atoms with Crippen molar-refractivity contribution in [2.24, 2.45) is 0 Å². The second-order valence-electron chi connectivity index (χ2n) is 7.54. The molecular weight excluding hydrogens is 427 g/mol. The van der Waals surface area contributed by atoms with Gasteiger partial charge in [0.05, 0.1) is 0 Å². The second-order valence-corrected chi connectivity index (χ2v) is 8.70. The third kappa shape index (κ3) is 2.13. The smallest absolute Gasteiger partial charge is 0.0209 e. The van der Waals surface area contributed by atoms with E-state index in [1.165, 1.54) is 47.7 Å². The lowest BCUT2D eigenvalue weighted by atomic mass is 9.82. The molecule has 1 heteroatoms. The minimum atomic E-state index is 0.0426. The summed E-state index contributed by atoms with van der Waals surface area (Å²) in [6.45, 7) is 4.68. The predicted octanol–water partition coefficient (Wildman–Crippen LogP) is 7.42. The quantitative estimate of drug-likeness (QED) is 0.267. The molecule has 0 aliphatic heterocycles. The highest BCUT2D eigenvalue weighted by atomic mass is 127. The van der Waals surface area contributed by atoms with Crippen molar-refractivity contribution in [3.63, 3.8) is 0 Å². The van der Waals surface area contributed by atoms with Gasteiger partial charge in [0.1, 0.15) is 0 Å². The topological polar surface area (TPSA) is 0 Å². The molecule has 1 aliphatic carbocycles. The minimum absolute atomic E-state index is 0.0426. The molecule has 0 N–H and O–H groups in total. The highest BCUT2D eigenvalue weighted by Crippen LogP contribution is 2.52. The highest BCUT2D eigenvalue weighted by molar-refractivity contribution is 14.1. The number of rotatable bonds is 1. The normalized spacial score (nSPS) is 14.3. The predicted molar refractivity (Wildman–Crippen MR) is 120 cm³/mol. The highest BCUT2D eigenvalue weighted by Gasteiger charge is 2.36. The Morgan fingerprint density at radius 1 is 0.577 bits per heavy atom. The van der Waals surface area contributed by atoms with Crippen molar-refractivity contribution in [2.45, 2.75) is 19.3 Å². The molecule has 4 aromatic rings. The Bertz CT molecular complexity index is 1170. The Morgan fingerprint density at radius 3 is 2.08 bits per heavy atom. The van der Waals surface area contributed by atoms with Crippen molar-refractivity contribution in [1.29, 1.82) is 0 Å². The SMILES string of the molecule is CC1(C)c2ccccc2-c2c(-c3ccc(I)c4ccccc34)cccc21. The Balaban J connectivity index is 1.90. The third-order valence-electron chi connectivity index (χ3n) is 5.77. The lowest BCUT2D eigenvalue weighted by Gasteiger charge is -2.21. The van der Waals surface area contributed by atoms with Gasteiger partial charge in [-0.1, -0.05) is 86.6 Å². The number of hydrogen-bond acceptors (Lipinski definition) is 0. The van der Waals surface area contributed by atoms with Crippen LogP contribution in [0.2, 0.25) is 0 Å². The summed E-state index contributed by atoms with van der Waals surface area (Å²) >= 11 is 2.44. The summed E-state index contributed by atoms with van der Waals surface area (Å²) in [6.07, 6.45) is 0. The van der Waals surface area contributed by atoms with Crippen LogP contribution in [0.4, 0.5) is 0 Å². The average molecular weight is 446 g/mol. The van der Waals surface area contributed by atoms with E-state index in [1.807, 2.05) is 0 Å². The van der Waals surface area contributed by atoms with Gasteiger partial charge in [-0.15, -0.1) is 0 Å². The summed E-state index contributed by atoms with van der Waals surface area (Å²) in [6, 6.07) is 28.9. The van der Waals surface area contributed by atoms with Gasteiger partial charge < -0.3 is 0 Å². The Morgan fingerprint density at radius 2 is 1.23 bits per heavy atom. The molecule has 0 aromatic heterocycles. The molecule has 0 saturated heterocycles. The van der Waals surface area contributed by atoms with Crippen molar-refractivity contribution >= 4 is 33.4 Å². The van der Waals surface area contributed by atoms with Crippen LogP contribution in [-0.2, 0) is 5.41 Å². The van der Waals surface area contributed by atoms with Gasteiger partial charge in [-0.05, 0) is 72.8 Å². The molecule has 0 heterocycles. The van der Waals surface area contributed by atoms with E-state index in [1.54, 1.807) is 0 Å². The molecule has 0 atom stereocenters. The van der Waals surface area contributed by atoms with Crippen molar-refractivity contribution in [1.82, 2.24) is 0 Å². The summed E-state index contributed by atoms with van der Waals surface area (Å²) in [7, 11) is 0. The van der Waals surface area contributed by atoms with E-state index < -0.39 is 0 Å². The van der Waals surface area contributed by atoms with Crippen LogP contribution >= 0.6 is 22.6 Å². The molecule has 0 bridgehead atoms. The first kappa shape index (κ1) is 16.1. The Kier molecular flexibility index (Phi) is 3.51. The first-order valence-electron chi connectivity index (χ1n) is 9.00. The first-order chi connectivity index (χ1) is 12.6. The van der Waals surface area contributed by atoms with E-state index in [9.17, 15) is 0 Å². The van der Waals surface area contributed by atoms with Gasteiger partial charge >= 0.3 is 0 Å². The summed E-state index contributed by atoms with van der Waals surface area (Å²) in [5, 5.41) is 2.66. The molecular formula is C25H19I. The maximum Gasteiger partial charge on any atom is 0.0209 e. The molecule has 5 rings (SSSR count). The molecule has 0 radical (unpaired) electrons. The van der Waals surface area contributed by atoms with Crippen LogP contribution in [0, 0.1) is 3.57 Å². The van der Waals surface area contributed by atoms with E-state index in [2.05, 4.69) is 115 Å². The van der Waals surface area contributed by atoms with Crippen LogP contribution in [0.25, 0.3) is 33.0 Å².